The molecule has 3 heteroatoms. The first-order chi connectivity index (χ1) is 12.0. The Kier molecular flexibility index (Phi) is 5.13. The quantitative estimate of drug-likeness (QED) is 0.554. The first kappa shape index (κ1) is 18.3. The van der Waals surface area contributed by atoms with Crippen molar-refractivity contribution in [2.75, 3.05) is 13.7 Å². The first-order valence-electron chi connectivity index (χ1n) is 9.80. The summed E-state index contributed by atoms with van der Waals surface area (Å²) < 4.78 is 11.2. The van der Waals surface area contributed by atoms with Crippen LogP contribution in [0.2, 0.25) is 0 Å². The molecule has 0 saturated heterocycles. The molecule has 25 heavy (non-hydrogen) atoms. The van der Waals surface area contributed by atoms with Crippen LogP contribution in [0.15, 0.2) is 18.2 Å². The van der Waals surface area contributed by atoms with E-state index in [4.69, 9.17) is 9.47 Å². The van der Waals surface area contributed by atoms with Gasteiger partial charge in [0.15, 0.2) is 0 Å². The number of methoxy groups -OCH3 is 1. The van der Waals surface area contributed by atoms with Crippen LogP contribution in [0, 0.1) is 11.3 Å². The van der Waals surface area contributed by atoms with E-state index in [1.807, 2.05) is 0 Å². The summed E-state index contributed by atoms with van der Waals surface area (Å²) in [7, 11) is 1.52. The van der Waals surface area contributed by atoms with Crippen LogP contribution in [0.3, 0.4) is 0 Å². The highest BCUT2D eigenvalue weighted by Gasteiger charge is 2.55. The highest BCUT2D eigenvalue weighted by Crippen LogP contribution is 2.57. The molecule has 0 spiro atoms. The second kappa shape index (κ2) is 7.01. The molecule has 1 saturated carbocycles. The molecule has 1 fully saturated rings. The second-order valence-electron chi connectivity index (χ2n) is 8.29. The van der Waals surface area contributed by atoms with Crippen molar-refractivity contribution in [3.8, 4) is 5.75 Å². The number of carbonyl (C=O) groups excluding carboxylic acids is 1. The van der Waals surface area contributed by atoms with Crippen molar-refractivity contribution in [1.82, 2.24) is 0 Å². The number of fused-ring (bicyclic) bond motifs is 3. The van der Waals surface area contributed by atoms with Crippen LogP contribution in [-0.4, -0.2) is 19.7 Å². The fraction of sp³-hybridized carbons (Fsp3) is 0.682. The SMILES string of the molecule is CCCCOc1ccc2c(c1)[C@@]1(C)CCC[C@](C)(C(=O)OC)[C@@H]1CC2. The average Bonchev–Trinajstić information content (AvgIpc) is 2.61. The smallest absolute Gasteiger partial charge is 0.311 e. The Balaban J connectivity index is 1.95. The van der Waals surface area contributed by atoms with Crippen LogP contribution in [0.1, 0.15) is 70.4 Å². The van der Waals surface area contributed by atoms with Crippen molar-refractivity contribution < 1.29 is 14.3 Å². The van der Waals surface area contributed by atoms with Crippen molar-refractivity contribution in [3.63, 3.8) is 0 Å². The van der Waals surface area contributed by atoms with E-state index < -0.39 is 0 Å². The molecule has 0 N–H and O–H groups in total. The summed E-state index contributed by atoms with van der Waals surface area (Å²) in [6.07, 6.45) is 7.46. The van der Waals surface area contributed by atoms with Crippen LogP contribution in [-0.2, 0) is 21.4 Å². The summed E-state index contributed by atoms with van der Waals surface area (Å²) in [5.41, 5.74) is 2.47. The third-order valence-electron chi connectivity index (χ3n) is 6.75. The molecule has 0 amide bonds. The molecule has 0 aromatic heterocycles. The molecule has 0 unspecified atom stereocenters. The zero-order valence-corrected chi connectivity index (χ0v) is 16.2. The first-order valence-corrected chi connectivity index (χ1v) is 9.80. The van der Waals surface area contributed by atoms with Crippen molar-refractivity contribution >= 4 is 5.97 Å². The molecule has 0 heterocycles. The van der Waals surface area contributed by atoms with Crippen LogP contribution in [0.4, 0.5) is 0 Å². The average molecular weight is 344 g/mol. The van der Waals surface area contributed by atoms with Gasteiger partial charge in [-0.1, -0.05) is 32.8 Å². The molecule has 0 aliphatic heterocycles. The molecule has 0 radical (unpaired) electrons. The number of rotatable bonds is 5. The zero-order valence-electron chi connectivity index (χ0n) is 16.2. The lowest BCUT2D eigenvalue weighted by molar-refractivity contribution is -0.161. The summed E-state index contributed by atoms with van der Waals surface area (Å²) in [4.78, 5) is 12.6. The second-order valence-corrected chi connectivity index (χ2v) is 8.29. The van der Waals surface area contributed by atoms with E-state index in [2.05, 4.69) is 39.0 Å². The molecule has 138 valence electrons. The van der Waals surface area contributed by atoms with Gasteiger partial charge in [-0.15, -0.1) is 0 Å². The van der Waals surface area contributed by atoms with E-state index in [0.29, 0.717) is 5.92 Å². The predicted molar refractivity (Wildman–Crippen MR) is 100.0 cm³/mol. The fourth-order valence-corrected chi connectivity index (χ4v) is 5.34. The largest absolute Gasteiger partial charge is 0.494 e. The van der Waals surface area contributed by atoms with E-state index in [9.17, 15) is 4.79 Å². The molecule has 3 nitrogen and oxygen atoms in total. The minimum absolute atomic E-state index is 0.0267. The van der Waals surface area contributed by atoms with Gasteiger partial charge in [-0.2, -0.15) is 0 Å². The molecule has 3 atom stereocenters. The Morgan fingerprint density at radius 3 is 2.80 bits per heavy atom. The highest BCUT2D eigenvalue weighted by molar-refractivity contribution is 5.77. The molecule has 1 aromatic carbocycles. The lowest BCUT2D eigenvalue weighted by Gasteiger charge is -2.54. The van der Waals surface area contributed by atoms with Gasteiger partial charge in [0.25, 0.3) is 0 Å². The Hall–Kier alpha value is -1.51. The van der Waals surface area contributed by atoms with Gasteiger partial charge in [-0.25, -0.2) is 0 Å². The number of carbonyl (C=O) groups is 1. The topological polar surface area (TPSA) is 35.5 Å². The van der Waals surface area contributed by atoms with E-state index in [0.717, 1.165) is 57.3 Å². The predicted octanol–water partition coefficient (Wildman–Crippen LogP) is 5.05. The zero-order chi connectivity index (χ0) is 18.1. The Morgan fingerprint density at radius 1 is 1.28 bits per heavy atom. The molecule has 2 aliphatic carbocycles. The number of ether oxygens (including phenoxy) is 2. The fourth-order valence-electron chi connectivity index (χ4n) is 5.34. The van der Waals surface area contributed by atoms with Gasteiger partial charge in [-0.3, -0.25) is 4.79 Å². The molecular formula is C22H32O3. The maximum Gasteiger partial charge on any atom is 0.311 e. The number of unbranched alkanes of at least 4 members (excludes halogenated alkanes) is 1. The standard InChI is InChI=1S/C22H32O3/c1-5-6-14-25-17-10-8-16-9-11-19-21(2,18(16)15-17)12-7-13-22(19,3)20(23)24-4/h8,10,15,19H,5-7,9,11-14H2,1-4H3/t19-,21-,22+/m1/s1. The molecule has 3 rings (SSSR count). The Morgan fingerprint density at radius 2 is 2.08 bits per heavy atom. The summed E-state index contributed by atoms with van der Waals surface area (Å²) in [5, 5.41) is 0. The molecule has 2 aliphatic rings. The number of benzene rings is 1. The van der Waals surface area contributed by atoms with Gasteiger partial charge >= 0.3 is 5.97 Å². The Bertz CT molecular complexity index is 638. The maximum atomic E-state index is 12.6. The third kappa shape index (κ3) is 3.07. The van der Waals surface area contributed by atoms with E-state index in [1.165, 1.54) is 18.2 Å². The Labute approximate surface area is 152 Å². The van der Waals surface area contributed by atoms with Gasteiger partial charge < -0.3 is 9.47 Å². The highest BCUT2D eigenvalue weighted by atomic mass is 16.5. The number of aryl methyl sites for hydroxylation is 1. The maximum absolute atomic E-state index is 12.6. The molecule has 0 bridgehead atoms. The lowest BCUT2D eigenvalue weighted by atomic mass is 9.50. The van der Waals surface area contributed by atoms with Crippen LogP contribution < -0.4 is 4.74 Å². The van der Waals surface area contributed by atoms with Gasteiger partial charge in [0.2, 0.25) is 0 Å². The summed E-state index contributed by atoms with van der Waals surface area (Å²) in [6, 6.07) is 6.60. The number of hydrogen-bond acceptors (Lipinski definition) is 3. The van der Waals surface area contributed by atoms with Crippen molar-refractivity contribution in [3.05, 3.63) is 29.3 Å². The summed E-state index contributed by atoms with van der Waals surface area (Å²) in [5.74, 6) is 1.27. The summed E-state index contributed by atoms with van der Waals surface area (Å²) >= 11 is 0. The van der Waals surface area contributed by atoms with Crippen LogP contribution >= 0.6 is 0 Å². The van der Waals surface area contributed by atoms with E-state index in [-0.39, 0.29) is 16.8 Å². The van der Waals surface area contributed by atoms with Crippen LogP contribution in [0.25, 0.3) is 0 Å². The van der Waals surface area contributed by atoms with Crippen molar-refractivity contribution in [2.24, 2.45) is 11.3 Å². The number of esters is 1. The monoisotopic (exact) mass is 344 g/mol. The minimum Gasteiger partial charge on any atom is -0.494 e. The third-order valence-corrected chi connectivity index (χ3v) is 6.75. The van der Waals surface area contributed by atoms with E-state index >= 15 is 0 Å². The molecular weight excluding hydrogens is 312 g/mol. The lowest BCUT2D eigenvalue weighted by Crippen LogP contribution is -2.52. The van der Waals surface area contributed by atoms with E-state index in [1.54, 1.807) is 0 Å². The normalized spacial score (nSPS) is 31.0. The van der Waals surface area contributed by atoms with Crippen molar-refractivity contribution in [2.45, 2.75) is 71.1 Å². The van der Waals surface area contributed by atoms with Crippen molar-refractivity contribution in [1.29, 1.82) is 0 Å². The summed E-state index contributed by atoms with van der Waals surface area (Å²) in [6.45, 7) is 7.42. The van der Waals surface area contributed by atoms with Crippen LogP contribution in [0.5, 0.6) is 5.75 Å². The van der Waals surface area contributed by atoms with Gasteiger partial charge in [0.05, 0.1) is 19.1 Å². The van der Waals surface area contributed by atoms with Gasteiger partial charge in [0, 0.05) is 0 Å². The van der Waals surface area contributed by atoms with Gasteiger partial charge in [-0.05, 0) is 73.6 Å². The molecule has 1 aromatic rings. The van der Waals surface area contributed by atoms with Gasteiger partial charge in [0.1, 0.15) is 5.75 Å². The minimum atomic E-state index is -0.376. The number of hydrogen-bond donors (Lipinski definition) is 0.